The molecule has 1 aliphatic rings. The van der Waals surface area contributed by atoms with Crippen LogP contribution >= 0.6 is 15.9 Å². The highest BCUT2D eigenvalue weighted by molar-refractivity contribution is 9.10. The molecule has 172 valence electrons. The summed E-state index contributed by atoms with van der Waals surface area (Å²) in [5, 5.41) is 0. The molecule has 0 saturated carbocycles. The minimum Gasteiger partial charge on any atom is -0.368 e. The van der Waals surface area contributed by atoms with Gasteiger partial charge in [-0.15, -0.1) is 0 Å². The van der Waals surface area contributed by atoms with Crippen LogP contribution in [0.5, 0.6) is 0 Å². The summed E-state index contributed by atoms with van der Waals surface area (Å²) in [4.78, 5) is 16.7. The van der Waals surface area contributed by atoms with Gasteiger partial charge in [0, 0.05) is 42.0 Å². The highest BCUT2D eigenvalue weighted by Gasteiger charge is 2.22. The number of amides is 1. The van der Waals surface area contributed by atoms with Crippen molar-refractivity contribution in [2.75, 3.05) is 35.8 Å². The van der Waals surface area contributed by atoms with E-state index in [0.717, 1.165) is 15.7 Å². The first-order valence-corrected chi connectivity index (χ1v) is 12.7. The second-order valence-corrected chi connectivity index (χ2v) is 10.4. The fourth-order valence-electron chi connectivity index (χ4n) is 3.67. The number of piperazine rings is 1. The number of halogens is 2. The number of hydrogen-bond donors (Lipinski definition) is 1. The molecule has 0 unspecified atom stereocenters. The minimum absolute atomic E-state index is 0.0268. The zero-order valence-corrected chi connectivity index (χ0v) is 20.1. The van der Waals surface area contributed by atoms with E-state index in [-0.39, 0.29) is 23.0 Å². The maximum Gasteiger partial charge on any atom is 0.261 e. The average molecular weight is 532 g/mol. The zero-order chi connectivity index (χ0) is 23.4. The minimum atomic E-state index is -3.66. The molecule has 1 aliphatic heterocycles. The molecule has 0 radical (unpaired) electrons. The Morgan fingerprint density at radius 3 is 2.09 bits per heavy atom. The van der Waals surface area contributed by atoms with Gasteiger partial charge in [-0.3, -0.25) is 9.52 Å². The fraction of sp³-hybridized carbons (Fsp3) is 0.208. The molecule has 0 atom stereocenters. The number of anilines is 2. The molecule has 9 heteroatoms. The quantitative estimate of drug-likeness (QED) is 0.515. The lowest BCUT2D eigenvalue weighted by Crippen LogP contribution is -2.49. The molecule has 0 aromatic heterocycles. The van der Waals surface area contributed by atoms with E-state index in [1.807, 2.05) is 17.0 Å². The number of sulfonamides is 1. The smallest absolute Gasteiger partial charge is 0.261 e. The third-order valence-corrected chi connectivity index (χ3v) is 7.44. The largest absolute Gasteiger partial charge is 0.368 e. The summed E-state index contributed by atoms with van der Waals surface area (Å²) in [5.41, 5.74) is 2.24. The Hall–Kier alpha value is -2.91. The summed E-state index contributed by atoms with van der Waals surface area (Å²) in [6, 6.07) is 19.7. The number of rotatable bonds is 6. The molecule has 33 heavy (non-hydrogen) atoms. The first-order valence-electron chi connectivity index (χ1n) is 10.5. The maximum absolute atomic E-state index is 13.0. The lowest BCUT2D eigenvalue weighted by Gasteiger charge is -2.36. The normalized spacial score (nSPS) is 14.2. The van der Waals surface area contributed by atoms with E-state index < -0.39 is 10.0 Å². The summed E-state index contributed by atoms with van der Waals surface area (Å²) in [5.74, 6) is -0.286. The van der Waals surface area contributed by atoms with E-state index in [0.29, 0.717) is 31.9 Å². The summed E-state index contributed by atoms with van der Waals surface area (Å²) >= 11 is 3.30. The van der Waals surface area contributed by atoms with Crippen LogP contribution in [-0.2, 0) is 21.2 Å². The number of hydrogen-bond acceptors (Lipinski definition) is 4. The van der Waals surface area contributed by atoms with Crippen molar-refractivity contribution in [3.63, 3.8) is 0 Å². The van der Waals surface area contributed by atoms with Crippen LogP contribution in [-0.4, -0.2) is 45.4 Å². The van der Waals surface area contributed by atoms with Crippen molar-refractivity contribution in [3.8, 4) is 0 Å². The molecule has 0 spiro atoms. The highest BCUT2D eigenvalue weighted by atomic mass is 79.9. The van der Waals surface area contributed by atoms with Gasteiger partial charge in [-0.2, -0.15) is 0 Å². The summed E-state index contributed by atoms with van der Waals surface area (Å²) in [7, 11) is -3.66. The van der Waals surface area contributed by atoms with Gasteiger partial charge in [-0.25, -0.2) is 12.8 Å². The van der Waals surface area contributed by atoms with Crippen molar-refractivity contribution < 1.29 is 17.6 Å². The molecule has 4 rings (SSSR count). The molecule has 1 saturated heterocycles. The Bertz CT molecular complexity index is 1210. The highest BCUT2D eigenvalue weighted by Crippen LogP contribution is 2.23. The predicted octanol–water partition coefficient (Wildman–Crippen LogP) is 4.28. The summed E-state index contributed by atoms with van der Waals surface area (Å²) < 4.78 is 41.6. The van der Waals surface area contributed by atoms with E-state index >= 15 is 0 Å². The van der Waals surface area contributed by atoms with Crippen LogP contribution in [0, 0.1) is 5.82 Å². The zero-order valence-electron chi connectivity index (χ0n) is 17.7. The van der Waals surface area contributed by atoms with Crippen LogP contribution in [0.25, 0.3) is 0 Å². The maximum atomic E-state index is 13.0. The van der Waals surface area contributed by atoms with Gasteiger partial charge < -0.3 is 9.80 Å². The number of benzene rings is 3. The van der Waals surface area contributed by atoms with Gasteiger partial charge in [0.2, 0.25) is 5.91 Å². The SMILES string of the molecule is O=C(Cc1ccc(F)cc1)N1CCN(c2ccc(NS(=O)(=O)c3ccc(Br)cc3)cc2)CC1. The van der Waals surface area contributed by atoms with Gasteiger partial charge >= 0.3 is 0 Å². The van der Waals surface area contributed by atoms with Crippen LogP contribution < -0.4 is 9.62 Å². The van der Waals surface area contributed by atoms with Crippen molar-refractivity contribution in [1.82, 2.24) is 4.90 Å². The molecule has 1 amide bonds. The van der Waals surface area contributed by atoms with Crippen molar-refractivity contribution in [2.24, 2.45) is 0 Å². The summed E-state index contributed by atoms with van der Waals surface area (Å²) in [6.45, 7) is 2.55. The fourth-order valence-corrected chi connectivity index (χ4v) is 4.99. The Kier molecular flexibility index (Phi) is 6.99. The van der Waals surface area contributed by atoms with Crippen LogP contribution in [0.3, 0.4) is 0 Å². The molecule has 0 aliphatic carbocycles. The van der Waals surface area contributed by atoms with Crippen LogP contribution in [0.1, 0.15) is 5.56 Å². The van der Waals surface area contributed by atoms with Gasteiger partial charge in [0.1, 0.15) is 5.82 Å². The second-order valence-electron chi connectivity index (χ2n) is 7.78. The van der Waals surface area contributed by atoms with Gasteiger partial charge in [-0.1, -0.05) is 28.1 Å². The van der Waals surface area contributed by atoms with E-state index in [2.05, 4.69) is 25.6 Å². The molecule has 1 fully saturated rings. The number of carbonyl (C=O) groups is 1. The Balaban J connectivity index is 1.32. The van der Waals surface area contributed by atoms with Crippen LogP contribution in [0.4, 0.5) is 15.8 Å². The van der Waals surface area contributed by atoms with Gasteiger partial charge in [0.15, 0.2) is 0 Å². The van der Waals surface area contributed by atoms with Gasteiger partial charge in [0.05, 0.1) is 11.3 Å². The molecule has 1 N–H and O–H groups in total. The van der Waals surface area contributed by atoms with Crippen molar-refractivity contribution >= 4 is 43.2 Å². The number of carbonyl (C=O) groups excluding carboxylic acids is 1. The average Bonchev–Trinajstić information content (AvgIpc) is 2.81. The van der Waals surface area contributed by atoms with E-state index in [1.165, 1.54) is 24.3 Å². The lowest BCUT2D eigenvalue weighted by molar-refractivity contribution is -0.130. The number of nitrogens with zero attached hydrogens (tertiary/aromatic N) is 2. The molecule has 3 aromatic rings. The van der Waals surface area contributed by atoms with Gasteiger partial charge in [0.25, 0.3) is 10.0 Å². The molecule has 0 bridgehead atoms. The van der Waals surface area contributed by atoms with Crippen molar-refractivity contribution in [3.05, 3.63) is 88.6 Å². The molecule has 3 aromatic carbocycles. The standard InChI is InChI=1S/C24H23BrFN3O3S/c25-19-3-11-23(12-4-19)33(31,32)27-21-7-9-22(10-8-21)28-13-15-29(16-14-28)24(30)17-18-1-5-20(26)6-2-18/h1-12,27H,13-17H2. The van der Waals surface area contributed by atoms with Crippen LogP contribution in [0.15, 0.2) is 82.2 Å². The third kappa shape index (κ3) is 5.91. The molecule has 1 heterocycles. The third-order valence-electron chi connectivity index (χ3n) is 5.51. The van der Waals surface area contributed by atoms with Crippen molar-refractivity contribution in [1.29, 1.82) is 0 Å². The lowest BCUT2D eigenvalue weighted by atomic mass is 10.1. The van der Waals surface area contributed by atoms with E-state index in [9.17, 15) is 17.6 Å². The topological polar surface area (TPSA) is 69.7 Å². The van der Waals surface area contributed by atoms with E-state index in [1.54, 1.807) is 36.4 Å². The van der Waals surface area contributed by atoms with Crippen molar-refractivity contribution in [2.45, 2.75) is 11.3 Å². The Morgan fingerprint density at radius 2 is 1.48 bits per heavy atom. The monoisotopic (exact) mass is 531 g/mol. The summed E-state index contributed by atoms with van der Waals surface area (Å²) in [6.07, 6.45) is 0.257. The Labute approximate surface area is 201 Å². The van der Waals surface area contributed by atoms with E-state index in [4.69, 9.17) is 0 Å². The molecular formula is C24H23BrFN3O3S. The Morgan fingerprint density at radius 1 is 0.879 bits per heavy atom. The van der Waals surface area contributed by atoms with Crippen LogP contribution in [0.2, 0.25) is 0 Å². The first-order chi connectivity index (χ1) is 15.8. The van der Waals surface area contributed by atoms with Gasteiger partial charge in [-0.05, 0) is 66.2 Å². The molecular weight excluding hydrogens is 509 g/mol. The molecule has 6 nitrogen and oxygen atoms in total. The second kappa shape index (κ2) is 9.93. The first kappa shape index (κ1) is 23.3. The number of nitrogens with one attached hydrogen (secondary N) is 1. The predicted molar refractivity (Wildman–Crippen MR) is 130 cm³/mol.